The molecule has 0 aliphatic heterocycles. The molecular weight excluding hydrogens is 172 g/mol. The van der Waals surface area contributed by atoms with Gasteiger partial charge in [-0.25, -0.2) is 0 Å². The monoisotopic (exact) mass is 198 g/mol. The first-order valence-corrected chi connectivity index (χ1v) is 5.83. The Kier molecular flexibility index (Phi) is 1.46. The zero-order valence-corrected chi connectivity index (χ0v) is 8.50. The summed E-state index contributed by atoms with van der Waals surface area (Å²) < 4.78 is 30.5. The van der Waals surface area contributed by atoms with E-state index in [1.54, 1.807) is 0 Å². The maximum absolute atomic E-state index is 7.81. The fraction of sp³-hybridized carbons (Fsp3) is 1.00. The number of nitrogens with two attached hydrogens (primary N) is 1. The van der Waals surface area contributed by atoms with Crippen LogP contribution in [0.15, 0.2) is 0 Å². The van der Waals surface area contributed by atoms with Crippen LogP contribution in [0.5, 0.6) is 0 Å². The van der Waals surface area contributed by atoms with E-state index < -0.39 is 13.0 Å². The summed E-state index contributed by atoms with van der Waals surface area (Å²) >= 11 is 0. The Labute approximate surface area is 92.2 Å². The summed E-state index contributed by atoms with van der Waals surface area (Å²) in [5.74, 6) is 2.73. The van der Waals surface area contributed by atoms with Crippen LogP contribution in [0.4, 0.5) is 0 Å². The number of hydrogen-bond donors (Lipinski definition) is 2. The maximum Gasteiger partial charge on any atom is 0.0441 e. The topological polar surface area (TPSA) is 38.0 Å². The molecule has 4 fully saturated rings. The molecule has 2 heteroatoms. The fourth-order valence-electron chi connectivity index (χ4n) is 4.29. The van der Waals surface area contributed by atoms with Crippen LogP contribution in [0.3, 0.4) is 0 Å². The standard InChI is InChI=1S/C12H22N2/c13-1-2-14-12-10-4-8-3-9(6-10)7-11(12)5-8/h8-12,14H,1-7,13H2/i1D2,2D2. The minimum atomic E-state index is -2.33. The van der Waals surface area contributed by atoms with E-state index in [1.807, 2.05) is 0 Å². The van der Waals surface area contributed by atoms with Crippen LogP contribution >= 0.6 is 0 Å². The molecule has 4 saturated carbocycles. The summed E-state index contributed by atoms with van der Waals surface area (Å²) in [6.45, 7) is -4.48. The van der Waals surface area contributed by atoms with Crippen molar-refractivity contribution in [2.45, 2.75) is 38.1 Å². The highest BCUT2D eigenvalue weighted by atomic mass is 15.0. The lowest BCUT2D eigenvalue weighted by Crippen LogP contribution is -2.55. The fourth-order valence-corrected chi connectivity index (χ4v) is 4.29. The number of nitrogens with one attached hydrogen (secondary N) is 1. The Morgan fingerprint density at radius 1 is 1.07 bits per heavy atom. The molecule has 2 nitrogen and oxygen atoms in total. The third kappa shape index (κ3) is 1.40. The molecular formula is C12H22N2. The van der Waals surface area contributed by atoms with Crippen molar-refractivity contribution in [2.75, 3.05) is 13.0 Å². The molecule has 4 rings (SSSR count). The predicted octanol–water partition coefficient (Wildman–Crippen LogP) is 1.36. The van der Waals surface area contributed by atoms with E-state index in [2.05, 4.69) is 5.32 Å². The molecule has 0 saturated heterocycles. The number of rotatable bonds is 3. The van der Waals surface area contributed by atoms with Gasteiger partial charge < -0.3 is 11.1 Å². The Morgan fingerprint density at radius 3 is 2.14 bits per heavy atom. The third-order valence-corrected chi connectivity index (χ3v) is 4.54. The van der Waals surface area contributed by atoms with E-state index >= 15 is 0 Å². The highest BCUT2D eigenvalue weighted by Crippen LogP contribution is 2.53. The van der Waals surface area contributed by atoms with Crippen molar-refractivity contribution in [2.24, 2.45) is 29.4 Å². The molecule has 4 aliphatic rings. The zero-order chi connectivity index (χ0) is 13.1. The maximum atomic E-state index is 7.81. The molecule has 0 aromatic rings. The Hall–Kier alpha value is -0.0800. The van der Waals surface area contributed by atoms with Gasteiger partial charge >= 0.3 is 0 Å². The van der Waals surface area contributed by atoms with Crippen molar-refractivity contribution in [1.29, 1.82) is 0 Å². The van der Waals surface area contributed by atoms with Gasteiger partial charge in [0, 0.05) is 24.5 Å². The first-order chi connectivity index (χ1) is 8.26. The van der Waals surface area contributed by atoms with Gasteiger partial charge in [-0.1, -0.05) is 0 Å². The van der Waals surface area contributed by atoms with Gasteiger partial charge in [0.1, 0.15) is 0 Å². The molecule has 0 radical (unpaired) electrons. The van der Waals surface area contributed by atoms with Crippen LogP contribution in [0.2, 0.25) is 0 Å². The van der Waals surface area contributed by atoms with Gasteiger partial charge in [-0.15, -0.1) is 0 Å². The van der Waals surface area contributed by atoms with Crippen molar-refractivity contribution >= 4 is 0 Å². The summed E-state index contributed by atoms with van der Waals surface area (Å²) in [5, 5.41) is 2.91. The average molecular weight is 198 g/mol. The van der Waals surface area contributed by atoms with Crippen molar-refractivity contribution < 1.29 is 5.48 Å². The lowest BCUT2D eigenvalue weighted by atomic mass is 9.54. The Morgan fingerprint density at radius 2 is 1.64 bits per heavy atom. The van der Waals surface area contributed by atoms with E-state index in [0.29, 0.717) is 11.8 Å². The van der Waals surface area contributed by atoms with Gasteiger partial charge in [0.15, 0.2) is 0 Å². The molecule has 80 valence electrons. The minimum Gasteiger partial charge on any atom is -0.329 e. The SMILES string of the molecule is [2H]C([2H])(N)C([2H])([2H])NC1C2CC3CC(C2)CC1C3. The number of hydrogen-bond acceptors (Lipinski definition) is 2. The Balaban J connectivity index is 1.74. The first-order valence-electron chi connectivity index (χ1n) is 7.83. The summed E-state index contributed by atoms with van der Waals surface area (Å²) in [7, 11) is 0. The molecule has 0 aromatic carbocycles. The van der Waals surface area contributed by atoms with E-state index in [1.165, 1.54) is 32.1 Å². The van der Waals surface area contributed by atoms with Crippen LogP contribution in [0.1, 0.15) is 37.6 Å². The molecule has 14 heavy (non-hydrogen) atoms. The molecule has 0 aromatic heterocycles. The van der Waals surface area contributed by atoms with E-state index in [9.17, 15) is 0 Å². The second-order valence-electron chi connectivity index (χ2n) is 5.37. The second-order valence-corrected chi connectivity index (χ2v) is 5.37. The predicted molar refractivity (Wildman–Crippen MR) is 57.9 cm³/mol. The van der Waals surface area contributed by atoms with E-state index in [0.717, 1.165) is 11.8 Å². The zero-order valence-electron chi connectivity index (χ0n) is 12.5. The van der Waals surface area contributed by atoms with Crippen molar-refractivity contribution in [3.05, 3.63) is 0 Å². The normalized spacial score (nSPS) is 56.2. The molecule has 0 atom stereocenters. The third-order valence-electron chi connectivity index (χ3n) is 4.54. The molecule has 4 bridgehead atoms. The summed E-state index contributed by atoms with van der Waals surface area (Å²) in [4.78, 5) is 0. The highest BCUT2D eigenvalue weighted by Gasteiger charge is 2.47. The van der Waals surface area contributed by atoms with Gasteiger partial charge in [0.2, 0.25) is 0 Å². The summed E-state index contributed by atoms with van der Waals surface area (Å²) in [6, 6.07) is 0.117. The molecule has 0 spiro atoms. The van der Waals surface area contributed by atoms with Crippen LogP contribution in [0, 0.1) is 23.7 Å². The lowest BCUT2D eigenvalue weighted by Gasteiger charge is -2.54. The van der Waals surface area contributed by atoms with Gasteiger partial charge in [-0.2, -0.15) is 0 Å². The molecule has 3 N–H and O–H groups in total. The van der Waals surface area contributed by atoms with Gasteiger partial charge in [0.05, 0.1) is 0 Å². The van der Waals surface area contributed by atoms with Crippen molar-refractivity contribution in [3.8, 4) is 0 Å². The Bertz CT molecular complexity index is 311. The van der Waals surface area contributed by atoms with Gasteiger partial charge in [-0.05, 0) is 55.8 Å². The molecule has 0 heterocycles. The second kappa shape index (κ2) is 3.49. The van der Waals surface area contributed by atoms with E-state index in [4.69, 9.17) is 11.2 Å². The minimum absolute atomic E-state index is 0.117. The van der Waals surface area contributed by atoms with Crippen LogP contribution in [-0.2, 0) is 0 Å². The first kappa shape index (κ1) is 5.86. The summed E-state index contributed by atoms with van der Waals surface area (Å²) in [6.07, 6.45) is 6.12. The molecule has 4 aliphatic carbocycles. The lowest BCUT2D eigenvalue weighted by molar-refractivity contribution is -0.0131. The largest absolute Gasteiger partial charge is 0.329 e. The van der Waals surface area contributed by atoms with Gasteiger partial charge in [-0.3, -0.25) is 0 Å². The van der Waals surface area contributed by atoms with Crippen molar-refractivity contribution in [1.82, 2.24) is 5.32 Å². The van der Waals surface area contributed by atoms with E-state index in [-0.39, 0.29) is 6.04 Å². The quantitative estimate of drug-likeness (QED) is 0.718. The van der Waals surface area contributed by atoms with Crippen LogP contribution < -0.4 is 11.1 Å². The summed E-state index contributed by atoms with van der Waals surface area (Å²) in [5.41, 5.74) is 5.31. The molecule has 0 amide bonds. The highest BCUT2D eigenvalue weighted by molar-refractivity contribution is 5.01. The van der Waals surface area contributed by atoms with Crippen LogP contribution in [0.25, 0.3) is 0 Å². The van der Waals surface area contributed by atoms with Crippen molar-refractivity contribution in [3.63, 3.8) is 0 Å². The van der Waals surface area contributed by atoms with Crippen LogP contribution in [-0.4, -0.2) is 19.0 Å². The smallest absolute Gasteiger partial charge is 0.0441 e. The van der Waals surface area contributed by atoms with Gasteiger partial charge in [0.25, 0.3) is 0 Å². The molecule has 0 unspecified atom stereocenters. The average Bonchev–Trinajstić information content (AvgIpc) is 2.20.